The predicted molar refractivity (Wildman–Crippen MR) is 92.2 cm³/mol. The smallest absolute Gasteiger partial charge is 0.167 e. The van der Waals surface area contributed by atoms with Crippen LogP contribution in [0.15, 0.2) is 24.3 Å². The molecule has 6 nitrogen and oxygen atoms in total. The summed E-state index contributed by atoms with van der Waals surface area (Å²) in [5.74, 6) is 2.57. The van der Waals surface area contributed by atoms with Gasteiger partial charge in [0.2, 0.25) is 0 Å². The Morgan fingerprint density at radius 3 is 2.71 bits per heavy atom. The molecule has 1 N–H and O–H groups in total. The lowest BCUT2D eigenvalue weighted by Gasteiger charge is -2.37. The molecule has 3 atom stereocenters. The van der Waals surface area contributed by atoms with Crippen molar-refractivity contribution in [3.05, 3.63) is 41.5 Å². The molecular formula is C18H26N4O2. The Kier molecular flexibility index (Phi) is 5.16. The van der Waals surface area contributed by atoms with Crippen molar-refractivity contribution in [3.63, 3.8) is 0 Å². The first-order chi connectivity index (χ1) is 11.6. The maximum atomic E-state index is 5.81. The highest BCUT2D eigenvalue weighted by Gasteiger charge is 2.28. The van der Waals surface area contributed by atoms with Gasteiger partial charge in [-0.1, -0.05) is 18.2 Å². The third-order valence-corrected chi connectivity index (χ3v) is 4.47. The molecule has 0 bridgehead atoms. The number of aromatic nitrogens is 3. The number of hydrogen-bond donors (Lipinski definition) is 1. The van der Waals surface area contributed by atoms with E-state index in [9.17, 15) is 0 Å². The largest absolute Gasteiger partial charge is 0.496 e. The third-order valence-electron chi connectivity index (χ3n) is 4.47. The number of H-pyrrole nitrogens is 1. The van der Waals surface area contributed by atoms with Crippen molar-refractivity contribution in [2.24, 2.45) is 0 Å². The normalized spacial score (nSPS) is 23.2. The maximum absolute atomic E-state index is 5.81. The van der Waals surface area contributed by atoms with Gasteiger partial charge in [-0.25, -0.2) is 4.98 Å². The zero-order valence-corrected chi connectivity index (χ0v) is 14.8. The van der Waals surface area contributed by atoms with Crippen LogP contribution in [0.2, 0.25) is 0 Å². The second-order valence-corrected chi connectivity index (χ2v) is 6.52. The van der Waals surface area contributed by atoms with E-state index in [1.54, 1.807) is 7.11 Å². The van der Waals surface area contributed by atoms with Gasteiger partial charge in [0, 0.05) is 25.1 Å². The third kappa shape index (κ3) is 3.76. The molecule has 1 fully saturated rings. The SMILES string of the molecule is COc1ccccc1Cc1nc(C(C)N2C[C@@H](C)O[C@@H](C)C2)n[nH]1. The van der Waals surface area contributed by atoms with Crippen molar-refractivity contribution in [1.29, 1.82) is 0 Å². The topological polar surface area (TPSA) is 63.3 Å². The molecule has 24 heavy (non-hydrogen) atoms. The van der Waals surface area contributed by atoms with Crippen molar-refractivity contribution in [2.45, 2.75) is 45.4 Å². The van der Waals surface area contributed by atoms with Gasteiger partial charge in [0.15, 0.2) is 5.82 Å². The fourth-order valence-electron chi connectivity index (χ4n) is 3.30. The number of methoxy groups -OCH3 is 1. The van der Waals surface area contributed by atoms with E-state index < -0.39 is 0 Å². The minimum atomic E-state index is 0.168. The van der Waals surface area contributed by atoms with Crippen LogP contribution in [0.3, 0.4) is 0 Å². The minimum absolute atomic E-state index is 0.168. The van der Waals surface area contributed by atoms with Crippen LogP contribution in [0.4, 0.5) is 0 Å². The van der Waals surface area contributed by atoms with E-state index in [4.69, 9.17) is 14.5 Å². The molecule has 0 amide bonds. The van der Waals surface area contributed by atoms with Crippen molar-refractivity contribution in [1.82, 2.24) is 20.1 Å². The molecular weight excluding hydrogens is 304 g/mol. The van der Waals surface area contributed by atoms with Gasteiger partial charge in [-0.2, -0.15) is 5.10 Å². The van der Waals surface area contributed by atoms with Gasteiger partial charge < -0.3 is 9.47 Å². The number of nitrogens with zero attached hydrogens (tertiary/aromatic N) is 3. The molecule has 2 heterocycles. The minimum Gasteiger partial charge on any atom is -0.496 e. The Morgan fingerprint density at radius 2 is 2.00 bits per heavy atom. The molecule has 0 aliphatic carbocycles. The summed E-state index contributed by atoms with van der Waals surface area (Å²) in [5.41, 5.74) is 1.10. The van der Waals surface area contributed by atoms with Crippen molar-refractivity contribution in [2.75, 3.05) is 20.2 Å². The van der Waals surface area contributed by atoms with E-state index in [1.165, 1.54) is 0 Å². The van der Waals surface area contributed by atoms with Crippen molar-refractivity contribution in [3.8, 4) is 5.75 Å². The zero-order chi connectivity index (χ0) is 17.1. The molecule has 1 unspecified atom stereocenters. The van der Waals surface area contributed by atoms with Gasteiger partial charge in [0.1, 0.15) is 11.6 Å². The van der Waals surface area contributed by atoms with Gasteiger partial charge in [-0.15, -0.1) is 0 Å². The molecule has 1 saturated heterocycles. The fourth-order valence-corrected chi connectivity index (χ4v) is 3.30. The van der Waals surface area contributed by atoms with Crippen LogP contribution in [-0.2, 0) is 11.2 Å². The van der Waals surface area contributed by atoms with Crippen LogP contribution < -0.4 is 4.74 Å². The lowest BCUT2D eigenvalue weighted by atomic mass is 10.1. The van der Waals surface area contributed by atoms with Crippen molar-refractivity contribution >= 4 is 0 Å². The second kappa shape index (κ2) is 7.32. The summed E-state index contributed by atoms with van der Waals surface area (Å²) in [6.45, 7) is 8.19. The van der Waals surface area contributed by atoms with Crippen LogP contribution in [0, 0.1) is 0 Å². The summed E-state index contributed by atoms with van der Waals surface area (Å²) in [6.07, 6.45) is 1.16. The quantitative estimate of drug-likeness (QED) is 0.913. The molecule has 3 rings (SSSR count). The number of rotatable bonds is 5. The van der Waals surface area contributed by atoms with Crippen LogP contribution in [-0.4, -0.2) is 52.5 Å². The number of benzene rings is 1. The summed E-state index contributed by atoms with van der Waals surface area (Å²) in [5, 5.41) is 7.51. The van der Waals surface area contributed by atoms with Gasteiger partial charge in [-0.05, 0) is 26.8 Å². The lowest BCUT2D eigenvalue weighted by molar-refractivity contribution is -0.0797. The molecule has 2 aromatic rings. The van der Waals surface area contributed by atoms with Gasteiger partial charge in [-0.3, -0.25) is 10.00 Å². The van der Waals surface area contributed by atoms with Crippen LogP contribution >= 0.6 is 0 Å². The highest BCUT2D eigenvalue weighted by atomic mass is 16.5. The number of aromatic amines is 1. The number of nitrogens with one attached hydrogen (secondary N) is 1. The molecule has 6 heteroatoms. The highest BCUT2D eigenvalue weighted by molar-refractivity contribution is 5.35. The fraction of sp³-hybridized carbons (Fsp3) is 0.556. The van der Waals surface area contributed by atoms with E-state index in [2.05, 4.69) is 41.9 Å². The standard InChI is InChI=1S/C18H26N4O2/c1-12-10-22(11-13(2)24-12)14(3)18-19-17(20-21-18)9-15-7-5-6-8-16(15)23-4/h5-8,12-14H,9-11H2,1-4H3,(H,19,20,21)/t12-,13+,14?. The predicted octanol–water partition coefficient (Wildman–Crippen LogP) is 2.57. The van der Waals surface area contributed by atoms with Gasteiger partial charge >= 0.3 is 0 Å². The van der Waals surface area contributed by atoms with E-state index >= 15 is 0 Å². The van der Waals surface area contributed by atoms with Crippen LogP contribution in [0.1, 0.15) is 44.0 Å². The number of morpholine rings is 1. The Bertz CT molecular complexity index is 663. The first-order valence-corrected chi connectivity index (χ1v) is 8.49. The molecule has 1 aromatic carbocycles. The lowest BCUT2D eigenvalue weighted by Crippen LogP contribution is -2.46. The number of ether oxygens (including phenoxy) is 2. The molecule has 1 aliphatic rings. The van der Waals surface area contributed by atoms with E-state index in [-0.39, 0.29) is 18.2 Å². The molecule has 1 aromatic heterocycles. The Labute approximate surface area is 143 Å². The highest BCUT2D eigenvalue weighted by Crippen LogP contribution is 2.23. The zero-order valence-electron chi connectivity index (χ0n) is 14.8. The van der Waals surface area contributed by atoms with E-state index in [1.807, 2.05) is 18.2 Å². The first-order valence-electron chi connectivity index (χ1n) is 8.49. The Morgan fingerprint density at radius 1 is 1.29 bits per heavy atom. The van der Waals surface area contributed by atoms with Crippen LogP contribution in [0.5, 0.6) is 5.75 Å². The van der Waals surface area contributed by atoms with E-state index in [0.717, 1.165) is 36.1 Å². The van der Waals surface area contributed by atoms with Crippen LogP contribution in [0.25, 0.3) is 0 Å². The van der Waals surface area contributed by atoms with Crippen molar-refractivity contribution < 1.29 is 9.47 Å². The Balaban J connectivity index is 1.71. The average molecular weight is 330 g/mol. The van der Waals surface area contributed by atoms with Gasteiger partial charge in [0.05, 0.1) is 25.4 Å². The maximum Gasteiger partial charge on any atom is 0.167 e. The summed E-state index contributed by atoms with van der Waals surface area (Å²) < 4.78 is 11.2. The molecule has 1 aliphatic heterocycles. The average Bonchev–Trinajstić information content (AvgIpc) is 3.02. The van der Waals surface area contributed by atoms with Gasteiger partial charge in [0.25, 0.3) is 0 Å². The first kappa shape index (κ1) is 16.9. The Hall–Kier alpha value is -1.92. The molecule has 0 radical (unpaired) electrons. The molecule has 0 spiro atoms. The summed E-state index contributed by atoms with van der Waals surface area (Å²) in [4.78, 5) is 7.09. The number of para-hydroxylation sites is 1. The second-order valence-electron chi connectivity index (χ2n) is 6.52. The number of hydrogen-bond acceptors (Lipinski definition) is 5. The molecule has 130 valence electrons. The van der Waals surface area contributed by atoms with E-state index in [0.29, 0.717) is 6.42 Å². The molecule has 0 saturated carbocycles. The summed E-state index contributed by atoms with van der Waals surface area (Å²) in [6, 6.07) is 8.16. The summed E-state index contributed by atoms with van der Waals surface area (Å²) >= 11 is 0. The summed E-state index contributed by atoms with van der Waals surface area (Å²) in [7, 11) is 1.69. The monoisotopic (exact) mass is 330 g/mol.